The van der Waals surface area contributed by atoms with Crippen molar-refractivity contribution in [1.29, 1.82) is 0 Å². The van der Waals surface area contributed by atoms with E-state index in [1.54, 1.807) is 0 Å². The number of carbonyl (C=O) groups is 1. The summed E-state index contributed by atoms with van der Waals surface area (Å²) in [4.78, 5) is 11.0. The number of primary amides is 1. The highest BCUT2D eigenvalue weighted by molar-refractivity contribution is 5.72. The van der Waals surface area contributed by atoms with Gasteiger partial charge in [-0.3, -0.25) is 0 Å². The molecule has 1 saturated heterocycles. The lowest BCUT2D eigenvalue weighted by Gasteiger charge is -2.23. The predicted molar refractivity (Wildman–Crippen MR) is 60.9 cm³/mol. The zero-order chi connectivity index (χ0) is 11.4. The molecule has 0 aliphatic carbocycles. The Labute approximate surface area is 94.8 Å². The van der Waals surface area contributed by atoms with Crippen LogP contribution in [0.5, 0.6) is 0 Å². The maximum Gasteiger partial charge on any atom is 0.312 e. The van der Waals surface area contributed by atoms with Crippen molar-refractivity contribution in [2.24, 2.45) is 5.73 Å². The number of amides is 2. The van der Waals surface area contributed by atoms with Gasteiger partial charge in [0.05, 0.1) is 12.1 Å². The number of nitrogens with one attached hydrogen (secondary N) is 1. The molecule has 1 aromatic carbocycles. The van der Waals surface area contributed by atoms with Crippen LogP contribution in [-0.2, 0) is 4.74 Å². The lowest BCUT2D eigenvalue weighted by atomic mass is 9.99. The average molecular weight is 220 g/mol. The second-order valence-electron chi connectivity index (χ2n) is 3.95. The number of hydrogen-bond donors (Lipinski definition) is 2. The molecule has 2 rings (SSSR count). The fourth-order valence-electron chi connectivity index (χ4n) is 2.07. The van der Waals surface area contributed by atoms with Gasteiger partial charge in [0.25, 0.3) is 0 Å². The molecule has 3 N–H and O–H groups in total. The van der Waals surface area contributed by atoms with Crippen molar-refractivity contribution in [3.05, 3.63) is 35.9 Å². The van der Waals surface area contributed by atoms with Crippen LogP contribution in [0.1, 0.15) is 24.4 Å². The quantitative estimate of drug-likeness (QED) is 0.812. The number of urea groups is 1. The summed E-state index contributed by atoms with van der Waals surface area (Å²) in [5.74, 6) is 0. The van der Waals surface area contributed by atoms with Gasteiger partial charge in [-0.1, -0.05) is 30.3 Å². The molecular weight excluding hydrogens is 204 g/mol. The number of nitrogens with two attached hydrogens (primary N) is 1. The van der Waals surface area contributed by atoms with Crippen LogP contribution in [0.2, 0.25) is 0 Å². The van der Waals surface area contributed by atoms with E-state index in [4.69, 9.17) is 10.5 Å². The molecule has 1 heterocycles. The van der Waals surface area contributed by atoms with E-state index in [1.165, 1.54) is 0 Å². The zero-order valence-corrected chi connectivity index (χ0v) is 9.06. The van der Waals surface area contributed by atoms with Crippen LogP contribution >= 0.6 is 0 Å². The summed E-state index contributed by atoms with van der Waals surface area (Å²) in [6.45, 7) is 0.758. The highest BCUT2D eigenvalue weighted by atomic mass is 16.5. The molecule has 1 fully saturated rings. The van der Waals surface area contributed by atoms with Gasteiger partial charge in [-0.15, -0.1) is 0 Å². The first-order valence-corrected chi connectivity index (χ1v) is 5.50. The second kappa shape index (κ2) is 4.99. The Morgan fingerprint density at radius 2 is 2.19 bits per heavy atom. The van der Waals surface area contributed by atoms with Gasteiger partial charge in [0.1, 0.15) is 0 Å². The van der Waals surface area contributed by atoms with E-state index in [-0.39, 0.29) is 12.1 Å². The SMILES string of the molecule is NC(=O)N[C@@H](c1ccccc1)[C@H]1CCCO1. The number of carbonyl (C=O) groups excluding carboxylic acids is 1. The van der Waals surface area contributed by atoms with Crippen molar-refractivity contribution in [1.82, 2.24) is 5.32 Å². The molecule has 1 aromatic rings. The zero-order valence-electron chi connectivity index (χ0n) is 9.06. The van der Waals surface area contributed by atoms with Crippen LogP contribution < -0.4 is 11.1 Å². The standard InChI is InChI=1S/C12H16N2O2/c13-12(15)14-11(10-7-4-8-16-10)9-5-2-1-3-6-9/h1-3,5-6,10-11H,4,7-8H2,(H3,13,14,15)/t10-,11+/m1/s1. The first kappa shape index (κ1) is 11.0. The minimum absolute atomic E-state index is 0.0369. The first-order chi connectivity index (χ1) is 7.77. The van der Waals surface area contributed by atoms with Crippen LogP contribution in [0.4, 0.5) is 4.79 Å². The summed E-state index contributed by atoms with van der Waals surface area (Å²) in [5, 5.41) is 2.75. The van der Waals surface area contributed by atoms with Gasteiger partial charge in [-0.25, -0.2) is 4.79 Å². The minimum Gasteiger partial charge on any atom is -0.376 e. The van der Waals surface area contributed by atoms with Gasteiger partial charge in [-0.05, 0) is 18.4 Å². The third-order valence-electron chi connectivity index (χ3n) is 2.79. The van der Waals surface area contributed by atoms with Crippen molar-refractivity contribution in [2.75, 3.05) is 6.61 Å². The molecule has 0 aromatic heterocycles. The molecule has 0 saturated carbocycles. The third-order valence-corrected chi connectivity index (χ3v) is 2.79. The summed E-state index contributed by atoms with van der Waals surface area (Å²) < 4.78 is 5.60. The number of rotatable bonds is 3. The van der Waals surface area contributed by atoms with E-state index in [2.05, 4.69) is 5.32 Å². The first-order valence-electron chi connectivity index (χ1n) is 5.50. The lowest BCUT2D eigenvalue weighted by molar-refractivity contribution is 0.0813. The van der Waals surface area contributed by atoms with Crippen LogP contribution in [-0.4, -0.2) is 18.7 Å². The van der Waals surface area contributed by atoms with Gasteiger partial charge in [0.15, 0.2) is 0 Å². The molecule has 2 amide bonds. The van der Waals surface area contributed by atoms with Gasteiger partial charge >= 0.3 is 6.03 Å². The summed E-state index contributed by atoms with van der Waals surface area (Å²) in [6, 6.07) is 9.13. The molecule has 1 aliphatic rings. The molecule has 0 bridgehead atoms. The minimum atomic E-state index is -0.510. The van der Waals surface area contributed by atoms with E-state index in [9.17, 15) is 4.79 Å². The van der Waals surface area contributed by atoms with Gasteiger partial charge in [0, 0.05) is 6.61 Å². The molecule has 4 nitrogen and oxygen atoms in total. The Kier molecular flexibility index (Phi) is 3.41. The van der Waals surface area contributed by atoms with Gasteiger partial charge in [-0.2, -0.15) is 0 Å². The second-order valence-corrected chi connectivity index (χ2v) is 3.95. The fourth-order valence-corrected chi connectivity index (χ4v) is 2.07. The highest BCUT2D eigenvalue weighted by Crippen LogP contribution is 2.26. The van der Waals surface area contributed by atoms with Crippen molar-refractivity contribution in [3.8, 4) is 0 Å². The Morgan fingerprint density at radius 1 is 1.44 bits per heavy atom. The van der Waals surface area contributed by atoms with Crippen LogP contribution in [0.15, 0.2) is 30.3 Å². The summed E-state index contributed by atoms with van der Waals surface area (Å²) in [7, 11) is 0. The Hall–Kier alpha value is -1.55. The number of ether oxygens (including phenoxy) is 1. The Bertz CT molecular complexity index is 347. The molecule has 16 heavy (non-hydrogen) atoms. The number of hydrogen-bond acceptors (Lipinski definition) is 2. The maximum atomic E-state index is 11.0. The van der Waals surface area contributed by atoms with Crippen LogP contribution in [0.3, 0.4) is 0 Å². The van der Waals surface area contributed by atoms with Crippen molar-refractivity contribution in [2.45, 2.75) is 25.0 Å². The van der Waals surface area contributed by atoms with Crippen LogP contribution in [0, 0.1) is 0 Å². The van der Waals surface area contributed by atoms with E-state index in [1.807, 2.05) is 30.3 Å². The summed E-state index contributed by atoms with van der Waals surface area (Å²) >= 11 is 0. The topological polar surface area (TPSA) is 64.4 Å². The van der Waals surface area contributed by atoms with Crippen molar-refractivity contribution < 1.29 is 9.53 Å². The largest absolute Gasteiger partial charge is 0.376 e. The fraction of sp³-hybridized carbons (Fsp3) is 0.417. The molecular formula is C12H16N2O2. The molecule has 4 heteroatoms. The molecule has 86 valence electrons. The third kappa shape index (κ3) is 2.52. The lowest BCUT2D eigenvalue weighted by Crippen LogP contribution is -2.39. The predicted octanol–water partition coefficient (Wildman–Crippen LogP) is 1.57. The smallest absolute Gasteiger partial charge is 0.312 e. The summed E-state index contributed by atoms with van der Waals surface area (Å²) in [5.41, 5.74) is 6.23. The molecule has 0 spiro atoms. The van der Waals surface area contributed by atoms with E-state index in [0.29, 0.717) is 0 Å². The summed E-state index contributed by atoms with van der Waals surface area (Å²) in [6.07, 6.45) is 2.03. The molecule has 1 aliphatic heterocycles. The maximum absolute atomic E-state index is 11.0. The monoisotopic (exact) mass is 220 g/mol. The Balaban J connectivity index is 2.16. The van der Waals surface area contributed by atoms with E-state index in [0.717, 1.165) is 25.0 Å². The van der Waals surface area contributed by atoms with Crippen LogP contribution in [0.25, 0.3) is 0 Å². The number of benzene rings is 1. The van der Waals surface area contributed by atoms with Crippen molar-refractivity contribution >= 4 is 6.03 Å². The Morgan fingerprint density at radius 3 is 2.75 bits per heavy atom. The highest BCUT2D eigenvalue weighted by Gasteiger charge is 2.27. The molecule has 2 atom stereocenters. The van der Waals surface area contributed by atoms with E-state index < -0.39 is 6.03 Å². The van der Waals surface area contributed by atoms with E-state index >= 15 is 0 Å². The molecule has 0 unspecified atom stereocenters. The average Bonchev–Trinajstić information content (AvgIpc) is 2.80. The van der Waals surface area contributed by atoms with Gasteiger partial charge in [0.2, 0.25) is 0 Å². The van der Waals surface area contributed by atoms with Crippen molar-refractivity contribution in [3.63, 3.8) is 0 Å². The molecule has 0 radical (unpaired) electrons. The van der Waals surface area contributed by atoms with Gasteiger partial charge < -0.3 is 15.8 Å². The normalized spacial score (nSPS) is 21.6.